The van der Waals surface area contributed by atoms with Crippen LogP contribution < -0.4 is 5.32 Å². The zero-order chi connectivity index (χ0) is 15.8. The number of carbonyl (C=O) groups is 1. The summed E-state index contributed by atoms with van der Waals surface area (Å²) in [6, 6.07) is 0. The Kier molecular flexibility index (Phi) is 3.95. The van der Waals surface area contributed by atoms with Gasteiger partial charge >= 0.3 is 5.92 Å². The summed E-state index contributed by atoms with van der Waals surface area (Å²) in [5.41, 5.74) is -1.58. The molecule has 118 valence electrons. The number of aromatic nitrogens is 4. The van der Waals surface area contributed by atoms with Gasteiger partial charge in [0.05, 0.1) is 12.2 Å². The first kappa shape index (κ1) is 15.4. The number of rotatable bonds is 4. The lowest BCUT2D eigenvalue weighted by Crippen LogP contribution is -2.52. The summed E-state index contributed by atoms with van der Waals surface area (Å²) in [4.78, 5) is 12.2. The van der Waals surface area contributed by atoms with E-state index in [1.807, 2.05) is 0 Å². The van der Waals surface area contributed by atoms with E-state index in [-0.39, 0.29) is 22.5 Å². The van der Waals surface area contributed by atoms with Gasteiger partial charge in [-0.3, -0.25) is 4.79 Å². The molecule has 2 aromatic rings. The second-order valence-electron chi connectivity index (χ2n) is 4.78. The van der Waals surface area contributed by atoms with E-state index in [0.29, 0.717) is 13.0 Å². The van der Waals surface area contributed by atoms with Gasteiger partial charge in [-0.2, -0.15) is 25.3 Å². The van der Waals surface area contributed by atoms with Crippen LogP contribution in [0.25, 0.3) is 0 Å². The number of ether oxygens (including phenoxy) is 1. The van der Waals surface area contributed by atoms with E-state index in [1.54, 1.807) is 0 Å². The van der Waals surface area contributed by atoms with Crippen molar-refractivity contribution in [2.45, 2.75) is 17.9 Å². The summed E-state index contributed by atoms with van der Waals surface area (Å²) in [7, 11) is 0. The molecular formula is C11H10BrF2N5O2S. The molecule has 1 atom stereocenters. The SMILES string of the molecule is O=C(NC1(c2nn[nH]n2)CCOC1)C(F)(F)c1cscc1Br. The van der Waals surface area contributed by atoms with Crippen LogP contribution in [-0.4, -0.2) is 39.7 Å². The number of H-pyrrole nitrogens is 1. The lowest BCUT2D eigenvalue weighted by Gasteiger charge is -2.27. The number of tetrazole rings is 1. The predicted octanol–water partition coefficient (Wildman–Crippen LogP) is 1.55. The predicted molar refractivity (Wildman–Crippen MR) is 75.3 cm³/mol. The van der Waals surface area contributed by atoms with E-state index >= 15 is 0 Å². The standard InChI is InChI=1S/C11H10BrF2N5O2S/c12-7-4-22-3-6(7)11(13,14)9(20)15-10(1-2-21-5-10)8-16-18-19-17-8/h3-4H,1-2,5H2,(H,15,20)(H,16,17,18,19). The van der Waals surface area contributed by atoms with Crippen molar-refractivity contribution in [3.8, 4) is 0 Å². The number of thiophene rings is 1. The number of aromatic amines is 1. The Labute approximate surface area is 135 Å². The van der Waals surface area contributed by atoms with Crippen molar-refractivity contribution < 1.29 is 18.3 Å². The monoisotopic (exact) mass is 393 g/mol. The third kappa shape index (κ3) is 2.52. The molecule has 0 aliphatic carbocycles. The molecule has 0 spiro atoms. The van der Waals surface area contributed by atoms with Crippen LogP contribution in [0.2, 0.25) is 0 Å². The smallest absolute Gasteiger partial charge is 0.351 e. The fourth-order valence-electron chi connectivity index (χ4n) is 2.18. The number of hydrogen-bond donors (Lipinski definition) is 2. The second kappa shape index (κ2) is 5.63. The molecule has 3 heterocycles. The molecule has 0 aromatic carbocycles. The van der Waals surface area contributed by atoms with Gasteiger partial charge in [0.2, 0.25) is 5.82 Å². The number of hydrogen-bond acceptors (Lipinski definition) is 6. The minimum absolute atomic E-state index is 0.0131. The molecule has 1 aliphatic rings. The topological polar surface area (TPSA) is 92.8 Å². The Morgan fingerprint density at radius 3 is 2.91 bits per heavy atom. The Balaban J connectivity index is 1.88. The lowest BCUT2D eigenvalue weighted by atomic mass is 9.96. The Morgan fingerprint density at radius 2 is 2.36 bits per heavy atom. The zero-order valence-corrected chi connectivity index (χ0v) is 13.4. The molecule has 2 aromatic heterocycles. The Hall–Kier alpha value is -1.46. The van der Waals surface area contributed by atoms with E-state index in [9.17, 15) is 13.6 Å². The number of nitrogens with one attached hydrogen (secondary N) is 2. The molecule has 11 heteroatoms. The highest BCUT2D eigenvalue weighted by molar-refractivity contribution is 9.10. The highest BCUT2D eigenvalue weighted by atomic mass is 79.9. The Bertz CT molecular complexity index is 672. The molecule has 3 rings (SSSR count). The average molecular weight is 394 g/mol. The third-order valence-corrected chi connectivity index (χ3v) is 5.09. The van der Waals surface area contributed by atoms with E-state index in [0.717, 1.165) is 11.3 Å². The summed E-state index contributed by atoms with van der Waals surface area (Å²) >= 11 is 4.10. The summed E-state index contributed by atoms with van der Waals surface area (Å²) in [6.45, 7) is 0.321. The second-order valence-corrected chi connectivity index (χ2v) is 6.38. The quantitative estimate of drug-likeness (QED) is 0.821. The van der Waals surface area contributed by atoms with Crippen LogP contribution in [0.15, 0.2) is 15.2 Å². The van der Waals surface area contributed by atoms with Gasteiger partial charge in [-0.1, -0.05) is 5.21 Å². The maximum atomic E-state index is 14.4. The van der Waals surface area contributed by atoms with Crippen molar-refractivity contribution in [3.63, 3.8) is 0 Å². The van der Waals surface area contributed by atoms with Crippen molar-refractivity contribution >= 4 is 33.2 Å². The molecular weight excluding hydrogens is 384 g/mol. The van der Waals surface area contributed by atoms with Crippen molar-refractivity contribution in [1.29, 1.82) is 0 Å². The summed E-state index contributed by atoms with van der Waals surface area (Å²) in [5.74, 6) is -4.99. The van der Waals surface area contributed by atoms with Gasteiger partial charge in [-0.25, -0.2) is 0 Å². The highest BCUT2D eigenvalue weighted by Gasteiger charge is 2.50. The Morgan fingerprint density at radius 1 is 1.55 bits per heavy atom. The summed E-state index contributed by atoms with van der Waals surface area (Å²) < 4.78 is 34.1. The third-order valence-electron chi connectivity index (χ3n) is 3.39. The normalized spacial score (nSPS) is 22.0. The van der Waals surface area contributed by atoms with Gasteiger partial charge in [0.25, 0.3) is 5.91 Å². The molecule has 1 unspecified atom stereocenters. The molecule has 0 radical (unpaired) electrons. The molecule has 1 amide bonds. The van der Waals surface area contributed by atoms with Crippen LogP contribution in [0.4, 0.5) is 8.78 Å². The fourth-order valence-corrected chi connectivity index (χ4v) is 3.75. The minimum atomic E-state index is -3.68. The van der Waals surface area contributed by atoms with Gasteiger partial charge in [0, 0.05) is 28.3 Å². The molecule has 1 fully saturated rings. The largest absolute Gasteiger partial charge is 0.378 e. The minimum Gasteiger partial charge on any atom is -0.378 e. The van der Waals surface area contributed by atoms with Crippen LogP contribution in [-0.2, 0) is 21.0 Å². The first-order valence-corrected chi connectivity index (χ1v) is 7.93. The first-order valence-electron chi connectivity index (χ1n) is 6.20. The number of carbonyl (C=O) groups excluding carboxylic acids is 1. The van der Waals surface area contributed by atoms with E-state index in [4.69, 9.17) is 4.74 Å². The number of nitrogens with zero attached hydrogens (tertiary/aromatic N) is 3. The summed E-state index contributed by atoms with van der Waals surface area (Å²) in [6.07, 6.45) is 0.291. The van der Waals surface area contributed by atoms with Crippen molar-refractivity contribution in [2.75, 3.05) is 13.2 Å². The maximum Gasteiger partial charge on any atom is 0.351 e. The van der Waals surface area contributed by atoms with Crippen LogP contribution >= 0.6 is 27.3 Å². The maximum absolute atomic E-state index is 14.4. The van der Waals surface area contributed by atoms with Crippen molar-refractivity contribution in [3.05, 3.63) is 26.6 Å². The molecule has 0 saturated carbocycles. The van der Waals surface area contributed by atoms with Crippen LogP contribution in [0.1, 0.15) is 17.8 Å². The van der Waals surface area contributed by atoms with Crippen molar-refractivity contribution in [2.24, 2.45) is 0 Å². The molecule has 2 N–H and O–H groups in total. The molecule has 0 bridgehead atoms. The van der Waals surface area contributed by atoms with E-state index in [1.165, 1.54) is 10.8 Å². The molecule has 1 aliphatic heterocycles. The van der Waals surface area contributed by atoms with Crippen LogP contribution in [0, 0.1) is 0 Å². The molecule has 7 nitrogen and oxygen atoms in total. The summed E-state index contributed by atoms with van der Waals surface area (Å²) in [5, 5.41) is 18.3. The fraction of sp³-hybridized carbons (Fsp3) is 0.455. The number of halogens is 3. The van der Waals surface area contributed by atoms with Crippen LogP contribution in [0.3, 0.4) is 0 Å². The van der Waals surface area contributed by atoms with Gasteiger partial charge in [0.1, 0.15) is 5.54 Å². The van der Waals surface area contributed by atoms with E-state index in [2.05, 4.69) is 41.9 Å². The average Bonchev–Trinajstić information content (AvgIpc) is 3.19. The lowest BCUT2D eigenvalue weighted by molar-refractivity contribution is -0.149. The first-order chi connectivity index (χ1) is 10.5. The molecule has 22 heavy (non-hydrogen) atoms. The van der Waals surface area contributed by atoms with Gasteiger partial charge < -0.3 is 10.1 Å². The number of alkyl halides is 2. The number of amides is 1. The highest BCUT2D eigenvalue weighted by Crippen LogP contribution is 2.38. The van der Waals surface area contributed by atoms with Gasteiger partial charge in [-0.05, 0) is 15.9 Å². The van der Waals surface area contributed by atoms with E-state index < -0.39 is 17.4 Å². The molecule has 1 saturated heterocycles. The van der Waals surface area contributed by atoms with Gasteiger partial charge in [-0.15, -0.1) is 10.2 Å². The van der Waals surface area contributed by atoms with Gasteiger partial charge in [0.15, 0.2) is 0 Å². The zero-order valence-electron chi connectivity index (χ0n) is 11.0. The van der Waals surface area contributed by atoms with Crippen LogP contribution in [0.5, 0.6) is 0 Å². The van der Waals surface area contributed by atoms with Crippen molar-refractivity contribution in [1.82, 2.24) is 25.9 Å².